The highest BCUT2D eigenvalue weighted by Crippen LogP contribution is 2.20. The van der Waals surface area contributed by atoms with Crippen LogP contribution in [0, 0.1) is 0 Å². The first-order valence-corrected chi connectivity index (χ1v) is 6.36. The normalized spacial score (nSPS) is 31.7. The Morgan fingerprint density at radius 2 is 1.62 bits per heavy atom. The molecular weight excluding hydrogens is 426 g/mol. The second kappa shape index (κ2) is 9.33. The quantitative estimate of drug-likeness (QED) is 0.467. The highest BCUT2D eigenvalue weighted by Gasteiger charge is 2.30. The van der Waals surface area contributed by atoms with Crippen LogP contribution in [0.2, 0.25) is 0 Å². The Hall–Kier alpha value is 1.38. The minimum Gasteiger partial charge on any atom is -0.299 e. The third-order valence-corrected chi connectivity index (χ3v) is 3.78. The molecule has 0 spiro atoms. The molecule has 0 saturated carbocycles. The molecular formula is C12H26I2N2. The Kier molecular flexibility index (Phi) is 10.1. The van der Waals surface area contributed by atoms with Crippen molar-refractivity contribution in [1.29, 1.82) is 0 Å². The molecule has 3 rings (SSSR count). The fraction of sp³-hybridized carbons (Fsp3) is 1.00. The average molecular weight is 452 g/mol. The summed E-state index contributed by atoms with van der Waals surface area (Å²) >= 11 is 0. The van der Waals surface area contributed by atoms with Crippen molar-refractivity contribution in [2.24, 2.45) is 0 Å². The number of hydrogen-bond acceptors (Lipinski definition) is 2. The molecule has 0 radical (unpaired) electrons. The summed E-state index contributed by atoms with van der Waals surface area (Å²) in [5.41, 5.74) is 0. The van der Waals surface area contributed by atoms with Crippen molar-refractivity contribution >= 4 is 48.0 Å². The van der Waals surface area contributed by atoms with E-state index in [-0.39, 0.29) is 48.0 Å². The van der Waals surface area contributed by atoms with E-state index in [9.17, 15) is 0 Å². The fourth-order valence-corrected chi connectivity index (χ4v) is 2.81. The second-order valence-electron chi connectivity index (χ2n) is 4.84. The van der Waals surface area contributed by atoms with Gasteiger partial charge in [0, 0.05) is 38.8 Å². The van der Waals surface area contributed by atoms with Crippen molar-refractivity contribution in [1.82, 2.24) is 9.80 Å². The maximum atomic E-state index is 2.71. The number of unbranched alkanes of at least 4 members (excludes halogenated alkanes) is 3. The van der Waals surface area contributed by atoms with Gasteiger partial charge in [0.1, 0.15) is 0 Å². The van der Waals surface area contributed by atoms with Gasteiger partial charge in [-0.05, 0) is 6.42 Å². The largest absolute Gasteiger partial charge is 0.299 e. The fourth-order valence-electron chi connectivity index (χ4n) is 2.81. The highest BCUT2D eigenvalue weighted by molar-refractivity contribution is 14.0. The molecule has 2 bridgehead atoms. The molecule has 0 aromatic rings. The molecule has 16 heavy (non-hydrogen) atoms. The molecule has 1 atom stereocenters. The van der Waals surface area contributed by atoms with Gasteiger partial charge in [-0.1, -0.05) is 32.6 Å². The Balaban J connectivity index is 0.00000112. The molecule has 0 aromatic carbocycles. The van der Waals surface area contributed by atoms with Crippen molar-refractivity contribution < 1.29 is 0 Å². The van der Waals surface area contributed by atoms with E-state index in [1.165, 1.54) is 64.8 Å². The van der Waals surface area contributed by atoms with Crippen LogP contribution in [0.5, 0.6) is 0 Å². The molecule has 0 N–H and O–H groups in total. The summed E-state index contributed by atoms with van der Waals surface area (Å²) in [5.74, 6) is 0. The SMILES string of the molecule is CCCCCCC1CN2CCN1CC2.I.I. The Bertz CT molecular complexity index is 170. The molecule has 0 amide bonds. The van der Waals surface area contributed by atoms with Crippen molar-refractivity contribution in [3.8, 4) is 0 Å². The monoisotopic (exact) mass is 452 g/mol. The molecule has 4 heteroatoms. The third-order valence-electron chi connectivity index (χ3n) is 3.78. The lowest BCUT2D eigenvalue weighted by Gasteiger charge is -2.47. The van der Waals surface area contributed by atoms with Crippen LogP contribution in [0.1, 0.15) is 39.0 Å². The maximum absolute atomic E-state index is 2.71. The van der Waals surface area contributed by atoms with Crippen LogP contribution >= 0.6 is 48.0 Å². The Morgan fingerprint density at radius 3 is 2.12 bits per heavy atom. The summed E-state index contributed by atoms with van der Waals surface area (Å²) in [6, 6.07) is 0.898. The van der Waals surface area contributed by atoms with Crippen LogP contribution in [0.25, 0.3) is 0 Å². The summed E-state index contributed by atoms with van der Waals surface area (Å²) < 4.78 is 0. The second-order valence-corrected chi connectivity index (χ2v) is 4.84. The van der Waals surface area contributed by atoms with Gasteiger partial charge in [0.2, 0.25) is 0 Å². The molecule has 98 valence electrons. The molecule has 3 fully saturated rings. The first-order chi connectivity index (χ1) is 6.90. The third kappa shape index (κ3) is 4.94. The summed E-state index contributed by atoms with van der Waals surface area (Å²) in [5, 5.41) is 0. The van der Waals surface area contributed by atoms with E-state index in [0.717, 1.165) is 6.04 Å². The van der Waals surface area contributed by atoms with Crippen molar-refractivity contribution in [3.05, 3.63) is 0 Å². The highest BCUT2D eigenvalue weighted by atomic mass is 127. The lowest BCUT2D eigenvalue weighted by atomic mass is 10.0. The summed E-state index contributed by atoms with van der Waals surface area (Å²) in [6.45, 7) is 8.96. The van der Waals surface area contributed by atoms with E-state index in [2.05, 4.69) is 16.7 Å². The topological polar surface area (TPSA) is 6.48 Å². The average Bonchev–Trinajstić information content (AvgIpc) is 2.26. The van der Waals surface area contributed by atoms with Gasteiger partial charge in [0.15, 0.2) is 0 Å². The molecule has 2 nitrogen and oxygen atoms in total. The summed E-state index contributed by atoms with van der Waals surface area (Å²) in [4.78, 5) is 5.36. The standard InChI is InChI=1S/C12H24N2.2HI/c1-2-3-4-5-6-12-11-13-7-9-14(12)10-8-13;;/h12H,2-11H2,1H3;2*1H. The van der Waals surface area contributed by atoms with Crippen molar-refractivity contribution in [3.63, 3.8) is 0 Å². The predicted octanol–water partition coefficient (Wildman–Crippen LogP) is 3.19. The first kappa shape index (κ1) is 17.4. The predicted molar refractivity (Wildman–Crippen MR) is 91.4 cm³/mol. The van der Waals surface area contributed by atoms with Gasteiger partial charge < -0.3 is 0 Å². The lowest BCUT2D eigenvalue weighted by Crippen LogP contribution is -2.60. The maximum Gasteiger partial charge on any atom is 0.0224 e. The van der Waals surface area contributed by atoms with E-state index < -0.39 is 0 Å². The van der Waals surface area contributed by atoms with E-state index in [1.807, 2.05) is 0 Å². The van der Waals surface area contributed by atoms with Gasteiger partial charge in [-0.25, -0.2) is 0 Å². The Morgan fingerprint density at radius 1 is 0.938 bits per heavy atom. The van der Waals surface area contributed by atoms with Gasteiger partial charge in [0.05, 0.1) is 0 Å². The van der Waals surface area contributed by atoms with Gasteiger partial charge in [0.25, 0.3) is 0 Å². The van der Waals surface area contributed by atoms with Crippen LogP contribution in [-0.4, -0.2) is 48.6 Å². The van der Waals surface area contributed by atoms with Crippen LogP contribution in [-0.2, 0) is 0 Å². The van der Waals surface area contributed by atoms with E-state index in [1.54, 1.807) is 0 Å². The van der Waals surface area contributed by atoms with Crippen LogP contribution < -0.4 is 0 Å². The molecule has 3 aliphatic heterocycles. The minimum atomic E-state index is 0. The molecule has 3 saturated heterocycles. The number of fused-ring (bicyclic) bond motifs is 3. The number of halogens is 2. The minimum absolute atomic E-state index is 0. The van der Waals surface area contributed by atoms with E-state index >= 15 is 0 Å². The number of piperazine rings is 3. The molecule has 3 aliphatic rings. The van der Waals surface area contributed by atoms with Gasteiger partial charge >= 0.3 is 0 Å². The molecule has 0 aromatic heterocycles. The number of nitrogens with zero attached hydrogens (tertiary/aromatic N) is 2. The van der Waals surface area contributed by atoms with Crippen molar-refractivity contribution in [2.75, 3.05) is 32.7 Å². The summed E-state index contributed by atoms with van der Waals surface area (Å²) in [6.07, 6.45) is 7.12. The number of rotatable bonds is 5. The van der Waals surface area contributed by atoms with Gasteiger partial charge in [-0.3, -0.25) is 9.80 Å². The van der Waals surface area contributed by atoms with Crippen LogP contribution in [0.15, 0.2) is 0 Å². The summed E-state index contributed by atoms with van der Waals surface area (Å²) in [7, 11) is 0. The van der Waals surface area contributed by atoms with Crippen molar-refractivity contribution in [2.45, 2.75) is 45.1 Å². The van der Waals surface area contributed by atoms with Gasteiger partial charge in [-0.15, -0.1) is 48.0 Å². The zero-order valence-corrected chi connectivity index (χ0v) is 15.0. The number of hydrogen-bond donors (Lipinski definition) is 0. The zero-order chi connectivity index (χ0) is 9.80. The molecule has 1 unspecified atom stereocenters. The van der Waals surface area contributed by atoms with Crippen LogP contribution in [0.4, 0.5) is 0 Å². The van der Waals surface area contributed by atoms with Crippen LogP contribution in [0.3, 0.4) is 0 Å². The zero-order valence-electron chi connectivity index (χ0n) is 10.4. The first-order valence-electron chi connectivity index (χ1n) is 6.36. The van der Waals surface area contributed by atoms with E-state index in [4.69, 9.17) is 0 Å². The molecule has 3 heterocycles. The molecule has 0 aliphatic carbocycles. The van der Waals surface area contributed by atoms with E-state index in [0.29, 0.717) is 0 Å². The lowest BCUT2D eigenvalue weighted by molar-refractivity contribution is 0.00886. The smallest absolute Gasteiger partial charge is 0.0224 e. The Labute approximate surface area is 135 Å². The van der Waals surface area contributed by atoms with Gasteiger partial charge in [-0.2, -0.15) is 0 Å².